The maximum atomic E-state index is 12.3. The van der Waals surface area contributed by atoms with Crippen LogP contribution >= 0.6 is 0 Å². The van der Waals surface area contributed by atoms with Gasteiger partial charge >= 0.3 is 0 Å². The Hall–Kier alpha value is -0.610. The number of ether oxygens (including phenoxy) is 1. The smallest absolute Gasteiger partial charge is 0.251 e. The van der Waals surface area contributed by atoms with Gasteiger partial charge in [-0.05, 0) is 32.6 Å². The van der Waals surface area contributed by atoms with E-state index in [1.54, 1.807) is 0 Å². The Balaban J connectivity index is 1.80. The molecular formula is C14H26N2O2. The lowest BCUT2D eigenvalue weighted by Crippen LogP contribution is -2.44. The number of unbranched alkanes of at least 4 members (excludes halogenated alkanes) is 1. The summed E-state index contributed by atoms with van der Waals surface area (Å²) in [4.78, 5) is 14.3. The summed E-state index contributed by atoms with van der Waals surface area (Å²) in [5, 5.41) is 3.59. The van der Waals surface area contributed by atoms with E-state index in [1.165, 1.54) is 12.8 Å². The minimum atomic E-state index is -0.284. The highest BCUT2D eigenvalue weighted by atomic mass is 16.5. The van der Waals surface area contributed by atoms with Crippen LogP contribution in [-0.2, 0) is 9.53 Å². The van der Waals surface area contributed by atoms with Crippen molar-refractivity contribution in [3.8, 4) is 0 Å². The number of hydrogen-bond donors (Lipinski definition) is 1. The Bertz CT molecular complexity index is 283. The molecule has 0 aromatic carbocycles. The molecule has 1 amide bonds. The molecule has 18 heavy (non-hydrogen) atoms. The summed E-state index contributed by atoms with van der Waals surface area (Å²) >= 11 is 0. The van der Waals surface area contributed by atoms with Crippen LogP contribution in [-0.4, -0.2) is 48.7 Å². The number of rotatable bonds is 5. The molecular weight excluding hydrogens is 228 g/mol. The topological polar surface area (TPSA) is 41.6 Å². The van der Waals surface area contributed by atoms with Crippen LogP contribution in [0.2, 0.25) is 0 Å². The van der Waals surface area contributed by atoms with Gasteiger partial charge < -0.3 is 15.0 Å². The first-order valence-corrected chi connectivity index (χ1v) is 7.37. The number of nitrogens with one attached hydrogen (secondary N) is 1. The van der Waals surface area contributed by atoms with Crippen molar-refractivity contribution in [3.05, 3.63) is 0 Å². The SMILES string of the molecule is CCCCOC(C)C(=O)N1CCC2CCC(C1)N2. The van der Waals surface area contributed by atoms with Crippen molar-refractivity contribution in [2.45, 2.75) is 64.1 Å². The van der Waals surface area contributed by atoms with Crippen molar-refractivity contribution < 1.29 is 9.53 Å². The lowest BCUT2D eigenvalue weighted by Gasteiger charge is -2.27. The van der Waals surface area contributed by atoms with E-state index in [9.17, 15) is 4.79 Å². The highest BCUT2D eigenvalue weighted by Gasteiger charge is 2.32. The van der Waals surface area contributed by atoms with Gasteiger partial charge in [-0.25, -0.2) is 0 Å². The van der Waals surface area contributed by atoms with Crippen LogP contribution in [0.15, 0.2) is 0 Å². The molecule has 2 fully saturated rings. The Kier molecular flexibility index (Phi) is 5.01. The molecule has 3 unspecified atom stereocenters. The summed E-state index contributed by atoms with van der Waals surface area (Å²) in [6, 6.07) is 1.13. The fourth-order valence-electron chi connectivity index (χ4n) is 2.88. The fraction of sp³-hybridized carbons (Fsp3) is 0.929. The van der Waals surface area contributed by atoms with Gasteiger partial charge in [0.05, 0.1) is 0 Å². The van der Waals surface area contributed by atoms with Gasteiger partial charge in [0.25, 0.3) is 5.91 Å². The Morgan fingerprint density at radius 3 is 2.94 bits per heavy atom. The first-order chi connectivity index (χ1) is 8.70. The van der Waals surface area contributed by atoms with E-state index in [4.69, 9.17) is 4.74 Å². The van der Waals surface area contributed by atoms with Gasteiger partial charge in [0.15, 0.2) is 0 Å². The van der Waals surface area contributed by atoms with E-state index < -0.39 is 0 Å². The lowest BCUT2D eigenvalue weighted by atomic mass is 10.1. The van der Waals surface area contributed by atoms with Gasteiger partial charge in [-0.3, -0.25) is 4.79 Å². The minimum absolute atomic E-state index is 0.167. The van der Waals surface area contributed by atoms with E-state index in [0.29, 0.717) is 18.7 Å². The van der Waals surface area contributed by atoms with Crippen LogP contribution in [0.4, 0.5) is 0 Å². The quantitative estimate of drug-likeness (QED) is 0.757. The molecule has 104 valence electrons. The molecule has 0 aromatic heterocycles. The summed E-state index contributed by atoms with van der Waals surface area (Å²) in [5.41, 5.74) is 0. The first kappa shape index (κ1) is 13.8. The molecule has 2 bridgehead atoms. The molecule has 3 atom stereocenters. The van der Waals surface area contributed by atoms with Crippen LogP contribution in [0.5, 0.6) is 0 Å². The van der Waals surface area contributed by atoms with Crippen molar-refractivity contribution >= 4 is 5.91 Å². The summed E-state index contributed by atoms with van der Waals surface area (Å²) in [6.07, 6.45) is 5.43. The first-order valence-electron chi connectivity index (χ1n) is 7.37. The van der Waals surface area contributed by atoms with Crippen molar-refractivity contribution in [1.82, 2.24) is 10.2 Å². The third-order valence-corrected chi connectivity index (χ3v) is 4.05. The normalized spacial score (nSPS) is 29.1. The Labute approximate surface area is 110 Å². The molecule has 2 aliphatic heterocycles. The minimum Gasteiger partial charge on any atom is -0.369 e. The molecule has 4 nitrogen and oxygen atoms in total. The zero-order chi connectivity index (χ0) is 13.0. The summed E-state index contributed by atoms with van der Waals surface area (Å²) in [5.74, 6) is 0.167. The highest BCUT2D eigenvalue weighted by Crippen LogP contribution is 2.21. The number of carbonyl (C=O) groups is 1. The van der Waals surface area contributed by atoms with Crippen LogP contribution in [0.1, 0.15) is 46.0 Å². The number of carbonyl (C=O) groups excluding carboxylic acids is 1. The maximum Gasteiger partial charge on any atom is 0.251 e. The molecule has 0 aliphatic carbocycles. The third-order valence-electron chi connectivity index (χ3n) is 4.05. The number of likely N-dealkylation sites (tertiary alicyclic amines) is 1. The van der Waals surface area contributed by atoms with Crippen molar-refractivity contribution in [2.75, 3.05) is 19.7 Å². The molecule has 0 aromatic rings. The van der Waals surface area contributed by atoms with Crippen LogP contribution in [0.25, 0.3) is 0 Å². The second-order valence-electron chi connectivity index (χ2n) is 5.58. The molecule has 0 radical (unpaired) electrons. The number of fused-ring (bicyclic) bond motifs is 2. The number of amides is 1. The molecule has 2 heterocycles. The molecule has 2 saturated heterocycles. The van der Waals surface area contributed by atoms with E-state index in [2.05, 4.69) is 12.2 Å². The zero-order valence-electron chi connectivity index (χ0n) is 11.7. The molecule has 2 aliphatic rings. The van der Waals surface area contributed by atoms with Crippen LogP contribution in [0.3, 0.4) is 0 Å². The predicted octanol–water partition coefficient (Wildman–Crippen LogP) is 1.54. The summed E-state index contributed by atoms with van der Waals surface area (Å²) < 4.78 is 5.61. The fourth-order valence-corrected chi connectivity index (χ4v) is 2.88. The molecule has 4 heteroatoms. The van der Waals surface area contributed by atoms with Gasteiger partial charge in [-0.15, -0.1) is 0 Å². The van der Waals surface area contributed by atoms with Crippen molar-refractivity contribution in [3.63, 3.8) is 0 Å². The highest BCUT2D eigenvalue weighted by molar-refractivity contribution is 5.80. The van der Waals surface area contributed by atoms with E-state index in [0.717, 1.165) is 32.4 Å². The number of hydrogen-bond acceptors (Lipinski definition) is 3. The Morgan fingerprint density at radius 1 is 1.39 bits per heavy atom. The lowest BCUT2D eigenvalue weighted by molar-refractivity contribution is -0.143. The average molecular weight is 254 g/mol. The van der Waals surface area contributed by atoms with Gasteiger partial charge in [0.1, 0.15) is 6.10 Å². The molecule has 1 N–H and O–H groups in total. The van der Waals surface area contributed by atoms with Gasteiger partial charge in [-0.1, -0.05) is 13.3 Å². The van der Waals surface area contributed by atoms with Crippen molar-refractivity contribution in [1.29, 1.82) is 0 Å². The van der Waals surface area contributed by atoms with E-state index in [-0.39, 0.29) is 12.0 Å². The van der Waals surface area contributed by atoms with Gasteiger partial charge in [0, 0.05) is 31.8 Å². The third kappa shape index (κ3) is 3.45. The second kappa shape index (κ2) is 6.53. The van der Waals surface area contributed by atoms with E-state index >= 15 is 0 Å². The monoisotopic (exact) mass is 254 g/mol. The zero-order valence-corrected chi connectivity index (χ0v) is 11.7. The molecule has 0 spiro atoms. The summed E-state index contributed by atoms with van der Waals surface area (Å²) in [7, 11) is 0. The molecule has 0 saturated carbocycles. The second-order valence-corrected chi connectivity index (χ2v) is 5.58. The predicted molar refractivity (Wildman–Crippen MR) is 71.5 cm³/mol. The largest absolute Gasteiger partial charge is 0.369 e. The maximum absolute atomic E-state index is 12.3. The average Bonchev–Trinajstić information content (AvgIpc) is 2.68. The van der Waals surface area contributed by atoms with Crippen LogP contribution in [0, 0.1) is 0 Å². The van der Waals surface area contributed by atoms with Gasteiger partial charge in [0.2, 0.25) is 0 Å². The van der Waals surface area contributed by atoms with Crippen molar-refractivity contribution in [2.24, 2.45) is 0 Å². The molecule has 2 rings (SSSR count). The number of nitrogens with zero attached hydrogens (tertiary/aromatic N) is 1. The standard InChI is InChI=1S/C14H26N2O2/c1-3-4-9-18-11(2)14(17)16-8-7-12-5-6-13(10-16)15-12/h11-13,15H,3-10H2,1-2H3. The Morgan fingerprint density at radius 2 is 2.17 bits per heavy atom. The van der Waals surface area contributed by atoms with E-state index in [1.807, 2.05) is 11.8 Å². The summed E-state index contributed by atoms with van der Waals surface area (Å²) in [6.45, 7) is 6.45. The van der Waals surface area contributed by atoms with Gasteiger partial charge in [-0.2, -0.15) is 0 Å². The van der Waals surface area contributed by atoms with Crippen LogP contribution < -0.4 is 5.32 Å².